The second kappa shape index (κ2) is 8.16. The minimum atomic E-state index is -0.316. The van der Waals surface area contributed by atoms with Crippen LogP contribution >= 0.6 is 28.3 Å². The summed E-state index contributed by atoms with van der Waals surface area (Å²) in [5, 5.41) is 3.14. The number of amides is 1. The molecule has 21 heavy (non-hydrogen) atoms. The van der Waals surface area contributed by atoms with E-state index in [4.69, 9.17) is 5.73 Å². The molecule has 0 heterocycles. The lowest BCUT2D eigenvalue weighted by atomic mass is 9.94. The summed E-state index contributed by atoms with van der Waals surface area (Å²) in [6.45, 7) is 2.67. The average molecular weight is 376 g/mol. The van der Waals surface area contributed by atoms with Crippen LogP contribution < -0.4 is 11.1 Å². The molecule has 1 atom stereocenters. The molecule has 1 unspecified atom stereocenters. The Balaban J connectivity index is 0.00000220. The van der Waals surface area contributed by atoms with Crippen LogP contribution in [-0.4, -0.2) is 18.5 Å². The van der Waals surface area contributed by atoms with Gasteiger partial charge in [-0.2, -0.15) is 0 Å². The average Bonchev–Trinajstić information content (AvgIpc) is 3.25. The number of rotatable bonds is 7. The molecule has 0 aromatic heterocycles. The normalized spacial score (nSPS) is 16.7. The van der Waals surface area contributed by atoms with Crippen LogP contribution in [0.3, 0.4) is 0 Å². The third-order valence-electron chi connectivity index (χ3n) is 4.09. The molecule has 3 nitrogen and oxygen atoms in total. The number of hydrogen-bond acceptors (Lipinski definition) is 2. The highest BCUT2D eigenvalue weighted by molar-refractivity contribution is 9.10. The van der Waals surface area contributed by atoms with E-state index in [9.17, 15) is 4.79 Å². The fourth-order valence-corrected chi connectivity index (χ4v) is 2.98. The highest BCUT2D eigenvalue weighted by Gasteiger charge is 2.51. The lowest BCUT2D eigenvalue weighted by molar-refractivity contribution is -0.124. The van der Waals surface area contributed by atoms with Gasteiger partial charge in [0.05, 0.1) is 5.41 Å². The Morgan fingerprint density at radius 3 is 2.71 bits per heavy atom. The summed E-state index contributed by atoms with van der Waals surface area (Å²) in [6, 6.07) is 8.18. The van der Waals surface area contributed by atoms with Crippen LogP contribution in [0.25, 0.3) is 0 Å². The summed E-state index contributed by atoms with van der Waals surface area (Å²) in [4.78, 5) is 12.6. The third kappa shape index (κ3) is 4.44. The maximum atomic E-state index is 12.6. The van der Waals surface area contributed by atoms with E-state index >= 15 is 0 Å². The summed E-state index contributed by atoms with van der Waals surface area (Å²) >= 11 is 3.48. The van der Waals surface area contributed by atoms with Gasteiger partial charge in [-0.1, -0.05) is 47.8 Å². The molecule has 3 N–H and O–H groups in total. The van der Waals surface area contributed by atoms with Crippen molar-refractivity contribution in [2.45, 2.75) is 50.5 Å². The van der Waals surface area contributed by atoms with Crippen molar-refractivity contribution in [2.24, 2.45) is 5.73 Å². The molecule has 1 aliphatic carbocycles. The van der Waals surface area contributed by atoms with Gasteiger partial charge in [0.1, 0.15) is 0 Å². The zero-order valence-corrected chi connectivity index (χ0v) is 14.8. The third-order valence-corrected chi connectivity index (χ3v) is 4.58. The molecule has 0 spiro atoms. The highest BCUT2D eigenvalue weighted by atomic mass is 79.9. The predicted molar refractivity (Wildman–Crippen MR) is 92.8 cm³/mol. The second-order valence-electron chi connectivity index (χ2n) is 5.64. The van der Waals surface area contributed by atoms with Crippen molar-refractivity contribution >= 4 is 34.2 Å². The van der Waals surface area contributed by atoms with E-state index in [-0.39, 0.29) is 29.8 Å². The summed E-state index contributed by atoms with van der Waals surface area (Å²) in [5.41, 5.74) is 6.56. The lowest BCUT2D eigenvalue weighted by Crippen LogP contribution is -2.45. The zero-order chi connectivity index (χ0) is 14.6. The maximum absolute atomic E-state index is 12.6. The summed E-state index contributed by atoms with van der Waals surface area (Å²) < 4.78 is 1.02. The molecule has 1 aromatic carbocycles. The van der Waals surface area contributed by atoms with E-state index in [1.807, 2.05) is 18.2 Å². The molecule has 1 saturated carbocycles. The number of hydrogen-bond donors (Lipinski definition) is 2. The Morgan fingerprint density at radius 1 is 1.48 bits per heavy atom. The number of nitrogens with one attached hydrogen (secondary N) is 1. The Bertz CT molecular complexity index is 477. The minimum absolute atomic E-state index is 0. The molecule has 0 bridgehead atoms. The quantitative estimate of drug-likeness (QED) is 0.766. The van der Waals surface area contributed by atoms with Gasteiger partial charge in [0.2, 0.25) is 5.91 Å². The van der Waals surface area contributed by atoms with Crippen molar-refractivity contribution < 1.29 is 4.79 Å². The van der Waals surface area contributed by atoms with E-state index in [0.717, 1.165) is 42.1 Å². The Labute approximate surface area is 141 Å². The van der Waals surface area contributed by atoms with Crippen LogP contribution in [0.4, 0.5) is 0 Å². The lowest BCUT2D eigenvalue weighted by Gasteiger charge is -2.22. The molecule has 0 radical (unpaired) electrons. The van der Waals surface area contributed by atoms with Gasteiger partial charge >= 0.3 is 0 Å². The van der Waals surface area contributed by atoms with Gasteiger partial charge < -0.3 is 11.1 Å². The van der Waals surface area contributed by atoms with Gasteiger partial charge in [0, 0.05) is 17.1 Å². The molecule has 1 aromatic rings. The van der Waals surface area contributed by atoms with Crippen LogP contribution in [0.2, 0.25) is 0 Å². The fraction of sp³-hybridized carbons (Fsp3) is 0.562. The van der Waals surface area contributed by atoms with Gasteiger partial charge in [0.15, 0.2) is 0 Å². The first-order valence-electron chi connectivity index (χ1n) is 7.39. The maximum Gasteiger partial charge on any atom is 0.230 e. The fourth-order valence-electron chi connectivity index (χ4n) is 2.58. The molecular weight excluding hydrogens is 352 g/mol. The Kier molecular flexibility index (Phi) is 7.17. The molecule has 5 heteroatoms. The molecule has 1 amide bonds. The van der Waals surface area contributed by atoms with Gasteiger partial charge in [-0.25, -0.2) is 0 Å². The summed E-state index contributed by atoms with van der Waals surface area (Å²) in [6.07, 6.45) is 5.06. The number of nitrogens with two attached hydrogens (primary N) is 1. The van der Waals surface area contributed by atoms with Gasteiger partial charge in [0.25, 0.3) is 0 Å². The van der Waals surface area contributed by atoms with E-state index in [2.05, 4.69) is 34.2 Å². The molecule has 118 valence electrons. The zero-order valence-electron chi connectivity index (χ0n) is 12.4. The first-order chi connectivity index (χ1) is 9.62. The van der Waals surface area contributed by atoms with Crippen molar-refractivity contribution in [3.63, 3.8) is 0 Å². The smallest absolute Gasteiger partial charge is 0.230 e. The van der Waals surface area contributed by atoms with E-state index in [1.54, 1.807) is 0 Å². The number of carbonyl (C=O) groups is 1. The number of unbranched alkanes of at least 4 members (excludes halogenated alkanes) is 1. The predicted octanol–water partition coefficient (Wildman–Crippen LogP) is 3.54. The molecular formula is C16H24BrClN2O. The Hall–Kier alpha value is -0.580. The van der Waals surface area contributed by atoms with Crippen LogP contribution in [0, 0.1) is 0 Å². The number of carbonyl (C=O) groups excluding carboxylic acids is 1. The number of halogens is 2. The van der Waals surface area contributed by atoms with Crippen molar-refractivity contribution in [2.75, 3.05) is 6.54 Å². The molecule has 1 fully saturated rings. The van der Waals surface area contributed by atoms with Crippen LogP contribution in [-0.2, 0) is 10.2 Å². The molecule has 0 saturated heterocycles. The van der Waals surface area contributed by atoms with Gasteiger partial charge in [-0.15, -0.1) is 12.4 Å². The largest absolute Gasteiger partial charge is 0.351 e. The Morgan fingerprint density at radius 2 is 2.19 bits per heavy atom. The first kappa shape index (κ1) is 18.5. The van der Waals surface area contributed by atoms with Crippen molar-refractivity contribution in [1.82, 2.24) is 5.32 Å². The topological polar surface area (TPSA) is 55.1 Å². The standard InChI is InChI=1S/C16H23BrN2O.ClH/c1-2-3-7-14(11-18)19-15(20)16(8-9-16)12-5-4-6-13(17)10-12;/h4-6,10,14H,2-3,7-9,11,18H2,1H3,(H,19,20);1H. The van der Waals surface area contributed by atoms with Crippen LogP contribution in [0.15, 0.2) is 28.7 Å². The second-order valence-corrected chi connectivity index (χ2v) is 6.56. The SMILES string of the molecule is CCCCC(CN)NC(=O)C1(c2cccc(Br)c2)CC1.Cl. The highest BCUT2D eigenvalue weighted by Crippen LogP contribution is 2.48. The minimum Gasteiger partial charge on any atom is -0.351 e. The molecule has 2 rings (SSSR count). The summed E-state index contributed by atoms with van der Waals surface area (Å²) in [7, 11) is 0. The summed E-state index contributed by atoms with van der Waals surface area (Å²) in [5.74, 6) is 0.141. The van der Waals surface area contributed by atoms with Gasteiger partial charge in [-0.3, -0.25) is 4.79 Å². The van der Waals surface area contributed by atoms with Crippen molar-refractivity contribution in [3.8, 4) is 0 Å². The van der Waals surface area contributed by atoms with Crippen LogP contribution in [0.1, 0.15) is 44.6 Å². The monoisotopic (exact) mass is 374 g/mol. The van der Waals surface area contributed by atoms with Crippen molar-refractivity contribution in [1.29, 1.82) is 0 Å². The molecule has 0 aliphatic heterocycles. The van der Waals surface area contributed by atoms with E-state index in [1.165, 1.54) is 0 Å². The number of benzene rings is 1. The van der Waals surface area contributed by atoms with Crippen molar-refractivity contribution in [3.05, 3.63) is 34.3 Å². The van der Waals surface area contributed by atoms with E-state index < -0.39 is 0 Å². The van der Waals surface area contributed by atoms with E-state index in [0.29, 0.717) is 6.54 Å². The molecule has 1 aliphatic rings. The van der Waals surface area contributed by atoms with Gasteiger partial charge in [-0.05, 0) is 37.0 Å². The first-order valence-corrected chi connectivity index (χ1v) is 8.19. The van der Waals surface area contributed by atoms with Crippen LogP contribution in [0.5, 0.6) is 0 Å².